The lowest BCUT2D eigenvalue weighted by Gasteiger charge is -2.35. The number of hydrogen-bond donors (Lipinski definition) is 2. The van der Waals surface area contributed by atoms with Crippen LogP contribution in [-0.2, 0) is 4.79 Å². The lowest BCUT2D eigenvalue weighted by Crippen LogP contribution is -2.49. The zero-order chi connectivity index (χ0) is 14.5. The molecule has 1 heterocycles. The Hall–Kier alpha value is -0.950. The van der Waals surface area contributed by atoms with Gasteiger partial charge in [-0.25, -0.2) is 0 Å². The molecule has 1 aromatic rings. The van der Waals surface area contributed by atoms with E-state index >= 15 is 0 Å². The molecule has 0 saturated carbocycles. The van der Waals surface area contributed by atoms with Crippen molar-refractivity contribution < 1.29 is 9.90 Å². The predicted molar refractivity (Wildman–Crippen MR) is 81.2 cm³/mol. The Labute approximate surface area is 127 Å². The van der Waals surface area contributed by atoms with Crippen LogP contribution in [0.2, 0.25) is 0 Å². The topological polar surface area (TPSA) is 69.8 Å². The Balaban J connectivity index is 1.80. The SMILES string of the molecule is NC(=O)CN1CCN(CC(O)c2ccc(Br)cc2)CC1. The van der Waals surface area contributed by atoms with E-state index in [4.69, 9.17) is 5.73 Å². The minimum atomic E-state index is -0.481. The number of nitrogens with two attached hydrogens (primary N) is 1. The van der Waals surface area contributed by atoms with E-state index in [9.17, 15) is 9.90 Å². The number of carbonyl (C=O) groups is 1. The van der Waals surface area contributed by atoms with Crippen LogP contribution in [0.5, 0.6) is 0 Å². The highest BCUT2D eigenvalue weighted by atomic mass is 79.9. The number of halogens is 1. The van der Waals surface area contributed by atoms with Crippen molar-refractivity contribution in [2.75, 3.05) is 39.3 Å². The van der Waals surface area contributed by atoms with Gasteiger partial charge in [-0.3, -0.25) is 14.6 Å². The van der Waals surface area contributed by atoms with Crippen molar-refractivity contribution in [3.63, 3.8) is 0 Å². The van der Waals surface area contributed by atoms with Crippen LogP contribution in [0.25, 0.3) is 0 Å². The van der Waals surface area contributed by atoms with E-state index in [0.717, 1.165) is 36.2 Å². The minimum Gasteiger partial charge on any atom is -0.387 e. The molecular formula is C14H20BrN3O2. The second kappa shape index (κ2) is 7.17. The maximum absolute atomic E-state index is 10.9. The molecule has 0 bridgehead atoms. The van der Waals surface area contributed by atoms with E-state index in [0.29, 0.717) is 13.1 Å². The molecule has 1 aromatic carbocycles. The highest BCUT2D eigenvalue weighted by molar-refractivity contribution is 9.10. The van der Waals surface area contributed by atoms with E-state index in [-0.39, 0.29) is 5.91 Å². The molecule has 110 valence electrons. The Bertz CT molecular complexity index is 444. The number of aliphatic hydroxyl groups is 1. The summed E-state index contributed by atoms with van der Waals surface area (Å²) in [6.45, 7) is 4.27. The van der Waals surface area contributed by atoms with Gasteiger partial charge in [-0.05, 0) is 17.7 Å². The van der Waals surface area contributed by atoms with Crippen molar-refractivity contribution in [2.45, 2.75) is 6.10 Å². The first-order valence-corrected chi connectivity index (χ1v) is 7.50. The molecule has 1 atom stereocenters. The van der Waals surface area contributed by atoms with Crippen LogP contribution in [0.15, 0.2) is 28.7 Å². The summed E-state index contributed by atoms with van der Waals surface area (Å²) in [6.07, 6.45) is -0.481. The zero-order valence-corrected chi connectivity index (χ0v) is 12.9. The van der Waals surface area contributed by atoms with E-state index in [2.05, 4.69) is 20.8 Å². The molecule has 1 amide bonds. The molecule has 0 aromatic heterocycles. The van der Waals surface area contributed by atoms with Gasteiger partial charge < -0.3 is 10.8 Å². The number of β-amino-alcohol motifs (C(OH)–C–C–N with tert-alkyl or cyclic N) is 1. The zero-order valence-electron chi connectivity index (χ0n) is 11.3. The van der Waals surface area contributed by atoms with Gasteiger partial charge in [0.1, 0.15) is 0 Å². The molecule has 0 radical (unpaired) electrons. The number of amides is 1. The first-order chi connectivity index (χ1) is 9.54. The number of aliphatic hydroxyl groups excluding tert-OH is 1. The van der Waals surface area contributed by atoms with Gasteiger partial charge in [0.2, 0.25) is 5.91 Å². The van der Waals surface area contributed by atoms with Crippen LogP contribution in [-0.4, -0.2) is 60.1 Å². The molecule has 6 heteroatoms. The second-order valence-corrected chi connectivity index (χ2v) is 6.03. The third kappa shape index (κ3) is 4.56. The van der Waals surface area contributed by atoms with Crippen molar-refractivity contribution in [3.8, 4) is 0 Å². The normalized spacial score (nSPS) is 18.9. The molecule has 2 rings (SSSR count). The fraction of sp³-hybridized carbons (Fsp3) is 0.500. The van der Waals surface area contributed by atoms with Gasteiger partial charge >= 0.3 is 0 Å². The highest BCUT2D eigenvalue weighted by Gasteiger charge is 2.20. The van der Waals surface area contributed by atoms with Crippen LogP contribution in [0.1, 0.15) is 11.7 Å². The fourth-order valence-corrected chi connectivity index (χ4v) is 2.65. The smallest absolute Gasteiger partial charge is 0.231 e. The molecule has 5 nitrogen and oxygen atoms in total. The second-order valence-electron chi connectivity index (χ2n) is 5.11. The third-order valence-electron chi connectivity index (χ3n) is 3.53. The van der Waals surface area contributed by atoms with Crippen LogP contribution in [0.3, 0.4) is 0 Å². The van der Waals surface area contributed by atoms with Gasteiger partial charge in [-0.1, -0.05) is 28.1 Å². The van der Waals surface area contributed by atoms with Gasteiger partial charge in [0.25, 0.3) is 0 Å². The number of hydrogen-bond acceptors (Lipinski definition) is 4. The lowest BCUT2D eigenvalue weighted by molar-refractivity contribution is -0.119. The molecular weight excluding hydrogens is 322 g/mol. The molecule has 1 unspecified atom stereocenters. The highest BCUT2D eigenvalue weighted by Crippen LogP contribution is 2.18. The summed E-state index contributed by atoms with van der Waals surface area (Å²) >= 11 is 3.38. The third-order valence-corrected chi connectivity index (χ3v) is 4.06. The Morgan fingerprint density at radius 1 is 1.20 bits per heavy atom. The predicted octanol–water partition coefficient (Wildman–Crippen LogP) is 0.585. The van der Waals surface area contributed by atoms with Gasteiger partial charge in [0.15, 0.2) is 0 Å². The van der Waals surface area contributed by atoms with Gasteiger partial charge in [-0.15, -0.1) is 0 Å². The Morgan fingerprint density at radius 3 is 2.30 bits per heavy atom. The molecule has 1 aliphatic rings. The number of nitrogens with zero attached hydrogens (tertiary/aromatic N) is 2. The molecule has 3 N–H and O–H groups in total. The number of primary amides is 1. The summed E-state index contributed by atoms with van der Waals surface area (Å²) in [5.74, 6) is -0.284. The number of rotatable bonds is 5. The van der Waals surface area contributed by atoms with Gasteiger partial charge in [0, 0.05) is 37.2 Å². The van der Waals surface area contributed by atoms with Crippen LogP contribution < -0.4 is 5.73 Å². The van der Waals surface area contributed by atoms with Crippen molar-refractivity contribution in [1.29, 1.82) is 0 Å². The summed E-state index contributed by atoms with van der Waals surface area (Å²) in [4.78, 5) is 15.1. The summed E-state index contributed by atoms with van der Waals surface area (Å²) in [5.41, 5.74) is 6.11. The van der Waals surface area contributed by atoms with E-state index in [1.807, 2.05) is 29.2 Å². The Kier molecular flexibility index (Phi) is 5.54. The fourth-order valence-electron chi connectivity index (χ4n) is 2.39. The summed E-state index contributed by atoms with van der Waals surface area (Å²) in [7, 11) is 0. The quantitative estimate of drug-likeness (QED) is 0.822. The van der Waals surface area contributed by atoms with Gasteiger partial charge in [-0.2, -0.15) is 0 Å². The maximum atomic E-state index is 10.9. The standard InChI is InChI=1S/C14H20BrN3O2/c15-12-3-1-11(2-4-12)13(19)9-17-5-7-18(8-6-17)10-14(16)20/h1-4,13,19H,5-10H2,(H2,16,20). The monoisotopic (exact) mass is 341 g/mol. The van der Waals surface area contributed by atoms with Crippen molar-refractivity contribution >= 4 is 21.8 Å². The molecule has 20 heavy (non-hydrogen) atoms. The minimum absolute atomic E-state index is 0.284. The molecule has 0 spiro atoms. The van der Waals surface area contributed by atoms with Crippen LogP contribution >= 0.6 is 15.9 Å². The largest absolute Gasteiger partial charge is 0.387 e. The van der Waals surface area contributed by atoms with Crippen molar-refractivity contribution in [1.82, 2.24) is 9.80 Å². The number of carbonyl (C=O) groups excluding carboxylic acids is 1. The molecule has 0 aliphatic carbocycles. The summed E-state index contributed by atoms with van der Waals surface area (Å²) in [5, 5.41) is 10.2. The van der Waals surface area contributed by atoms with Crippen molar-refractivity contribution in [2.24, 2.45) is 5.73 Å². The number of benzene rings is 1. The average Bonchev–Trinajstić information content (AvgIpc) is 2.41. The number of piperazine rings is 1. The van der Waals surface area contributed by atoms with Gasteiger partial charge in [0.05, 0.1) is 12.6 Å². The first-order valence-electron chi connectivity index (χ1n) is 6.71. The molecule has 1 fully saturated rings. The molecule has 1 saturated heterocycles. The van der Waals surface area contributed by atoms with E-state index in [1.54, 1.807) is 0 Å². The maximum Gasteiger partial charge on any atom is 0.231 e. The lowest BCUT2D eigenvalue weighted by atomic mass is 10.1. The molecule has 1 aliphatic heterocycles. The van der Waals surface area contributed by atoms with Crippen LogP contribution in [0, 0.1) is 0 Å². The average molecular weight is 342 g/mol. The summed E-state index contributed by atoms with van der Waals surface area (Å²) < 4.78 is 1.01. The summed E-state index contributed by atoms with van der Waals surface area (Å²) in [6, 6.07) is 7.73. The van der Waals surface area contributed by atoms with Crippen molar-refractivity contribution in [3.05, 3.63) is 34.3 Å². The van der Waals surface area contributed by atoms with Crippen LogP contribution in [0.4, 0.5) is 0 Å². The first kappa shape index (κ1) is 15.4. The van der Waals surface area contributed by atoms with E-state index < -0.39 is 6.10 Å². The van der Waals surface area contributed by atoms with E-state index in [1.165, 1.54) is 0 Å². The Morgan fingerprint density at radius 2 is 1.75 bits per heavy atom.